The Balaban J connectivity index is 1.59. The van der Waals surface area contributed by atoms with E-state index in [1.54, 1.807) is 30.3 Å². The van der Waals surface area contributed by atoms with Gasteiger partial charge in [0, 0.05) is 23.8 Å². The van der Waals surface area contributed by atoms with Crippen LogP contribution in [0, 0.1) is 6.92 Å². The quantitative estimate of drug-likeness (QED) is 0.687. The standard InChI is InChI=1S/C22H22N2O5/c1-13-5-6-17-18(11-13)29-20(21(23)25)19(17)24-22(26)14-3-2-4-16(12-14)28-15-7-9-27-10-8-15/h2-6,11-12,15H,7-10H2,1H3,(H2,23,25)(H,24,26). The van der Waals surface area contributed by atoms with E-state index in [1.807, 2.05) is 19.1 Å². The lowest BCUT2D eigenvalue weighted by atomic mass is 10.1. The molecule has 2 aromatic carbocycles. The smallest absolute Gasteiger partial charge is 0.286 e. The molecule has 0 bridgehead atoms. The zero-order valence-corrected chi connectivity index (χ0v) is 16.1. The third kappa shape index (κ3) is 4.09. The number of hydrogen-bond acceptors (Lipinski definition) is 5. The molecule has 3 aromatic rings. The van der Waals surface area contributed by atoms with E-state index < -0.39 is 5.91 Å². The third-order valence-electron chi connectivity index (χ3n) is 4.88. The number of nitrogens with one attached hydrogen (secondary N) is 1. The molecule has 0 unspecified atom stereocenters. The largest absolute Gasteiger partial charge is 0.490 e. The van der Waals surface area contributed by atoms with Crippen molar-refractivity contribution in [2.45, 2.75) is 25.9 Å². The van der Waals surface area contributed by atoms with Crippen LogP contribution in [-0.4, -0.2) is 31.1 Å². The fourth-order valence-corrected chi connectivity index (χ4v) is 3.38. The number of aryl methyl sites for hydroxylation is 1. The minimum absolute atomic E-state index is 0.0737. The van der Waals surface area contributed by atoms with E-state index in [2.05, 4.69) is 5.32 Å². The average molecular weight is 394 g/mol. The fourth-order valence-electron chi connectivity index (χ4n) is 3.38. The molecule has 0 spiro atoms. The van der Waals surface area contributed by atoms with Gasteiger partial charge < -0.3 is 24.9 Å². The van der Waals surface area contributed by atoms with Crippen LogP contribution in [0.4, 0.5) is 5.69 Å². The lowest BCUT2D eigenvalue weighted by molar-refractivity contribution is 0.0255. The summed E-state index contributed by atoms with van der Waals surface area (Å²) in [6, 6.07) is 12.4. The first kappa shape index (κ1) is 19.0. The molecule has 0 atom stereocenters. The predicted molar refractivity (Wildman–Crippen MR) is 108 cm³/mol. The highest BCUT2D eigenvalue weighted by Gasteiger charge is 2.22. The number of ether oxygens (including phenoxy) is 2. The summed E-state index contributed by atoms with van der Waals surface area (Å²) in [5.74, 6) is -0.583. The van der Waals surface area contributed by atoms with E-state index in [9.17, 15) is 9.59 Å². The number of primary amides is 1. The van der Waals surface area contributed by atoms with Crippen LogP contribution < -0.4 is 15.8 Å². The van der Waals surface area contributed by atoms with Crippen molar-refractivity contribution in [2.24, 2.45) is 5.73 Å². The molecule has 7 heteroatoms. The van der Waals surface area contributed by atoms with Crippen molar-refractivity contribution in [3.05, 3.63) is 59.4 Å². The molecule has 2 amide bonds. The Labute approximate surface area is 167 Å². The number of amides is 2. The van der Waals surface area contributed by atoms with Gasteiger partial charge in [-0.15, -0.1) is 0 Å². The Morgan fingerprint density at radius 2 is 1.93 bits per heavy atom. The Bertz CT molecular complexity index is 1070. The molecule has 0 radical (unpaired) electrons. The van der Waals surface area contributed by atoms with Crippen LogP contribution in [0.5, 0.6) is 5.75 Å². The molecule has 3 N–H and O–H groups in total. The second kappa shape index (κ2) is 7.97. The number of carbonyl (C=O) groups is 2. The number of nitrogens with two attached hydrogens (primary N) is 1. The van der Waals surface area contributed by atoms with Crippen LogP contribution in [0.1, 0.15) is 39.3 Å². The van der Waals surface area contributed by atoms with E-state index in [1.165, 1.54) is 0 Å². The van der Waals surface area contributed by atoms with Gasteiger partial charge in [0.1, 0.15) is 23.1 Å². The highest BCUT2D eigenvalue weighted by molar-refractivity contribution is 6.14. The molecule has 1 aliphatic heterocycles. The Hall–Kier alpha value is -3.32. The minimum Gasteiger partial charge on any atom is -0.490 e. The summed E-state index contributed by atoms with van der Waals surface area (Å²) in [4.78, 5) is 24.7. The maximum atomic E-state index is 12.9. The van der Waals surface area contributed by atoms with Gasteiger partial charge in [-0.3, -0.25) is 9.59 Å². The number of hydrogen-bond donors (Lipinski definition) is 2. The molecule has 7 nitrogen and oxygen atoms in total. The zero-order valence-electron chi connectivity index (χ0n) is 16.1. The van der Waals surface area contributed by atoms with Crippen LogP contribution in [0.2, 0.25) is 0 Å². The molecule has 1 saturated heterocycles. The van der Waals surface area contributed by atoms with E-state index in [0.29, 0.717) is 35.5 Å². The number of anilines is 1. The molecule has 4 rings (SSSR count). The minimum atomic E-state index is -0.745. The van der Waals surface area contributed by atoms with Crippen LogP contribution in [0.3, 0.4) is 0 Å². The van der Waals surface area contributed by atoms with Gasteiger partial charge in [0.25, 0.3) is 11.8 Å². The van der Waals surface area contributed by atoms with Gasteiger partial charge in [0.15, 0.2) is 0 Å². The predicted octanol–water partition coefficient (Wildman–Crippen LogP) is 3.65. The zero-order chi connectivity index (χ0) is 20.4. The molecule has 2 heterocycles. The average Bonchev–Trinajstić information content (AvgIpc) is 3.06. The number of benzene rings is 2. The number of carbonyl (C=O) groups excluding carboxylic acids is 2. The van der Waals surface area contributed by atoms with E-state index in [4.69, 9.17) is 19.6 Å². The van der Waals surface area contributed by atoms with Gasteiger partial charge in [-0.25, -0.2) is 0 Å². The molecule has 1 aromatic heterocycles. The second-order valence-corrected chi connectivity index (χ2v) is 7.08. The topological polar surface area (TPSA) is 104 Å². The molecule has 1 aliphatic rings. The Morgan fingerprint density at radius 1 is 1.14 bits per heavy atom. The number of furan rings is 1. The van der Waals surface area contributed by atoms with Gasteiger partial charge in [-0.1, -0.05) is 12.1 Å². The summed E-state index contributed by atoms with van der Waals surface area (Å²) in [7, 11) is 0. The molecular weight excluding hydrogens is 372 g/mol. The summed E-state index contributed by atoms with van der Waals surface area (Å²) in [6.07, 6.45) is 1.71. The van der Waals surface area contributed by atoms with Crippen molar-refractivity contribution in [1.82, 2.24) is 0 Å². The van der Waals surface area contributed by atoms with Crippen molar-refractivity contribution in [3.8, 4) is 5.75 Å². The monoisotopic (exact) mass is 394 g/mol. The summed E-state index contributed by atoms with van der Waals surface area (Å²) in [5.41, 5.74) is 7.59. The first-order valence-electron chi connectivity index (χ1n) is 9.50. The summed E-state index contributed by atoms with van der Waals surface area (Å²) < 4.78 is 16.9. The Morgan fingerprint density at radius 3 is 2.69 bits per heavy atom. The van der Waals surface area contributed by atoms with Crippen molar-refractivity contribution in [1.29, 1.82) is 0 Å². The van der Waals surface area contributed by atoms with Crippen LogP contribution in [0.25, 0.3) is 11.0 Å². The van der Waals surface area contributed by atoms with Gasteiger partial charge in [-0.05, 0) is 42.8 Å². The van der Waals surface area contributed by atoms with Crippen molar-refractivity contribution < 1.29 is 23.5 Å². The summed E-state index contributed by atoms with van der Waals surface area (Å²) in [5, 5.41) is 3.39. The van der Waals surface area contributed by atoms with Gasteiger partial charge >= 0.3 is 0 Å². The highest BCUT2D eigenvalue weighted by Crippen LogP contribution is 2.32. The van der Waals surface area contributed by atoms with Gasteiger partial charge in [0.2, 0.25) is 5.76 Å². The third-order valence-corrected chi connectivity index (χ3v) is 4.88. The molecule has 29 heavy (non-hydrogen) atoms. The van der Waals surface area contributed by atoms with E-state index in [0.717, 1.165) is 18.4 Å². The van der Waals surface area contributed by atoms with Crippen molar-refractivity contribution in [3.63, 3.8) is 0 Å². The van der Waals surface area contributed by atoms with Crippen molar-refractivity contribution >= 4 is 28.5 Å². The second-order valence-electron chi connectivity index (χ2n) is 7.08. The Kier molecular flexibility index (Phi) is 5.22. The maximum Gasteiger partial charge on any atom is 0.286 e. The van der Waals surface area contributed by atoms with Gasteiger partial charge in [-0.2, -0.15) is 0 Å². The normalized spacial score (nSPS) is 14.7. The molecular formula is C22H22N2O5. The summed E-state index contributed by atoms with van der Waals surface area (Å²) >= 11 is 0. The molecule has 0 saturated carbocycles. The van der Waals surface area contributed by atoms with Crippen molar-refractivity contribution in [2.75, 3.05) is 18.5 Å². The fraction of sp³-hybridized carbons (Fsp3) is 0.273. The number of rotatable bonds is 5. The molecule has 0 aliphatic carbocycles. The lowest BCUT2D eigenvalue weighted by Gasteiger charge is -2.23. The first-order valence-corrected chi connectivity index (χ1v) is 9.50. The summed E-state index contributed by atoms with van der Waals surface area (Å²) in [6.45, 7) is 3.26. The molecule has 1 fully saturated rings. The molecule has 150 valence electrons. The lowest BCUT2D eigenvalue weighted by Crippen LogP contribution is -2.26. The SMILES string of the molecule is Cc1ccc2c(NC(=O)c3cccc(OC4CCOCC4)c3)c(C(N)=O)oc2c1. The number of fused-ring (bicyclic) bond motifs is 1. The van der Waals surface area contributed by atoms with Crippen LogP contribution in [-0.2, 0) is 4.74 Å². The van der Waals surface area contributed by atoms with Crippen LogP contribution >= 0.6 is 0 Å². The first-order chi connectivity index (χ1) is 14.0. The van der Waals surface area contributed by atoms with Crippen LogP contribution in [0.15, 0.2) is 46.9 Å². The maximum absolute atomic E-state index is 12.9. The van der Waals surface area contributed by atoms with Gasteiger partial charge in [0.05, 0.1) is 13.2 Å². The van der Waals surface area contributed by atoms with E-state index >= 15 is 0 Å². The van der Waals surface area contributed by atoms with E-state index in [-0.39, 0.29) is 23.5 Å². The highest BCUT2D eigenvalue weighted by atomic mass is 16.5.